The predicted molar refractivity (Wildman–Crippen MR) is 85.9 cm³/mol. The SMILES string of the molecule is Cc1onc(-c2ccccc2)c1C(=O)N(C)c1ccccc1. The summed E-state index contributed by atoms with van der Waals surface area (Å²) >= 11 is 0. The topological polar surface area (TPSA) is 46.3 Å². The molecule has 1 heterocycles. The minimum absolute atomic E-state index is 0.135. The number of benzene rings is 2. The fourth-order valence-electron chi connectivity index (χ4n) is 2.35. The maximum Gasteiger partial charge on any atom is 0.263 e. The third kappa shape index (κ3) is 2.51. The van der Waals surface area contributed by atoms with Crippen molar-refractivity contribution in [2.75, 3.05) is 11.9 Å². The van der Waals surface area contributed by atoms with Gasteiger partial charge >= 0.3 is 0 Å². The second kappa shape index (κ2) is 5.85. The Morgan fingerprint density at radius 3 is 2.23 bits per heavy atom. The quantitative estimate of drug-likeness (QED) is 0.735. The maximum absolute atomic E-state index is 12.8. The summed E-state index contributed by atoms with van der Waals surface area (Å²) in [6.45, 7) is 1.76. The molecule has 110 valence electrons. The van der Waals surface area contributed by atoms with Crippen LogP contribution in [0.1, 0.15) is 16.1 Å². The molecule has 4 heteroatoms. The Bertz CT molecular complexity index is 779. The summed E-state index contributed by atoms with van der Waals surface area (Å²) in [5.74, 6) is 0.385. The molecule has 0 saturated carbocycles. The Labute approximate surface area is 129 Å². The van der Waals surface area contributed by atoms with Gasteiger partial charge in [-0.2, -0.15) is 0 Å². The molecule has 0 aliphatic heterocycles. The number of para-hydroxylation sites is 1. The van der Waals surface area contributed by atoms with Crippen molar-refractivity contribution in [2.24, 2.45) is 0 Å². The Morgan fingerprint density at radius 2 is 1.59 bits per heavy atom. The lowest BCUT2D eigenvalue weighted by atomic mass is 10.1. The zero-order chi connectivity index (χ0) is 15.5. The normalized spacial score (nSPS) is 10.5. The van der Waals surface area contributed by atoms with Crippen molar-refractivity contribution in [3.05, 3.63) is 72.0 Å². The van der Waals surface area contributed by atoms with Crippen molar-refractivity contribution < 1.29 is 9.32 Å². The van der Waals surface area contributed by atoms with Crippen molar-refractivity contribution in [1.82, 2.24) is 5.16 Å². The van der Waals surface area contributed by atoms with Crippen LogP contribution in [-0.4, -0.2) is 18.1 Å². The van der Waals surface area contributed by atoms with Crippen molar-refractivity contribution in [2.45, 2.75) is 6.92 Å². The van der Waals surface area contributed by atoms with E-state index in [1.165, 1.54) is 0 Å². The number of carbonyl (C=O) groups is 1. The van der Waals surface area contributed by atoms with Gasteiger partial charge in [0.1, 0.15) is 17.0 Å². The minimum Gasteiger partial charge on any atom is -0.360 e. The van der Waals surface area contributed by atoms with Crippen molar-refractivity contribution in [1.29, 1.82) is 0 Å². The van der Waals surface area contributed by atoms with Gasteiger partial charge in [-0.1, -0.05) is 53.7 Å². The average molecular weight is 292 g/mol. The van der Waals surface area contributed by atoms with Crippen LogP contribution in [0.25, 0.3) is 11.3 Å². The molecule has 0 N–H and O–H groups in total. The van der Waals surface area contributed by atoms with Gasteiger partial charge in [-0.15, -0.1) is 0 Å². The van der Waals surface area contributed by atoms with Crippen LogP contribution in [0.3, 0.4) is 0 Å². The highest BCUT2D eigenvalue weighted by atomic mass is 16.5. The molecule has 0 unspecified atom stereocenters. The molecule has 0 saturated heterocycles. The number of aryl methyl sites for hydroxylation is 1. The van der Waals surface area contributed by atoms with Crippen LogP contribution in [0.5, 0.6) is 0 Å². The molecule has 1 aromatic heterocycles. The zero-order valence-electron chi connectivity index (χ0n) is 12.5. The monoisotopic (exact) mass is 292 g/mol. The Balaban J connectivity index is 2.02. The van der Waals surface area contributed by atoms with E-state index in [1.807, 2.05) is 60.7 Å². The van der Waals surface area contributed by atoms with E-state index in [4.69, 9.17) is 4.52 Å². The molecule has 0 aliphatic carbocycles. The van der Waals surface area contributed by atoms with Gasteiger partial charge in [0.15, 0.2) is 0 Å². The first-order valence-corrected chi connectivity index (χ1v) is 7.03. The number of carbonyl (C=O) groups excluding carboxylic acids is 1. The summed E-state index contributed by atoms with van der Waals surface area (Å²) in [6, 6.07) is 19.1. The standard InChI is InChI=1S/C18H16N2O2/c1-13-16(17(19-22-13)14-9-5-3-6-10-14)18(21)20(2)15-11-7-4-8-12-15/h3-12H,1-2H3. The molecular formula is C18H16N2O2. The highest BCUT2D eigenvalue weighted by Crippen LogP contribution is 2.27. The average Bonchev–Trinajstić information content (AvgIpc) is 2.96. The van der Waals surface area contributed by atoms with Crippen LogP contribution in [0.15, 0.2) is 65.2 Å². The molecule has 1 amide bonds. The van der Waals surface area contributed by atoms with E-state index in [1.54, 1.807) is 18.9 Å². The molecule has 0 atom stereocenters. The number of anilines is 1. The second-order valence-corrected chi connectivity index (χ2v) is 5.03. The molecule has 0 radical (unpaired) electrons. The summed E-state index contributed by atoms with van der Waals surface area (Å²) in [6.07, 6.45) is 0. The van der Waals surface area contributed by atoms with Gasteiger partial charge < -0.3 is 9.42 Å². The van der Waals surface area contributed by atoms with E-state index in [0.717, 1.165) is 11.3 Å². The van der Waals surface area contributed by atoms with Gasteiger partial charge in [0.05, 0.1) is 0 Å². The summed E-state index contributed by atoms with van der Waals surface area (Å²) < 4.78 is 5.26. The Morgan fingerprint density at radius 1 is 1.00 bits per heavy atom. The maximum atomic E-state index is 12.8. The van der Waals surface area contributed by atoms with Crippen LogP contribution >= 0.6 is 0 Å². The molecule has 0 fully saturated rings. The first kappa shape index (κ1) is 14.1. The molecular weight excluding hydrogens is 276 g/mol. The molecule has 3 rings (SSSR count). The largest absolute Gasteiger partial charge is 0.360 e. The highest BCUT2D eigenvalue weighted by Gasteiger charge is 2.24. The van der Waals surface area contributed by atoms with Crippen LogP contribution < -0.4 is 4.90 Å². The summed E-state index contributed by atoms with van der Waals surface area (Å²) in [4.78, 5) is 14.5. The van der Waals surface area contributed by atoms with Gasteiger partial charge in [-0.3, -0.25) is 4.79 Å². The minimum atomic E-state index is -0.135. The first-order valence-electron chi connectivity index (χ1n) is 7.03. The number of nitrogens with zero attached hydrogens (tertiary/aromatic N) is 2. The third-order valence-corrected chi connectivity index (χ3v) is 3.57. The van der Waals surface area contributed by atoms with Gasteiger partial charge in [-0.25, -0.2) is 0 Å². The Kier molecular flexibility index (Phi) is 3.74. The Hall–Kier alpha value is -2.88. The predicted octanol–water partition coefficient (Wildman–Crippen LogP) is 3.93. The molecule has 0 spiro atoms. The van der Waals surface area contributed by atoms with Gasteiger partial charge in [0.25, 0.3) is 5.91 Å². The number of aromatic nitrogens is 1. The van der Waals surface area contributed by atoms with Gasteiger partial charge in [0, 0.05) is 18.3 Å². The molecule has 0 aliphatic rings. The first-order chi connectivity index (χ1) is 10.7. The van der Waals surface area contributed by atoms with Crippen molar-refractivity contribution in [3.63, 3.8) is 0 Å². The van der Waals surface area contributed by atoms with E-state index in [-0.39, 0.29) is 5.91 Å². The van der Waals surface area contributed by atoms with Crippen LogP contribution in [0.2, 0.25) is 0 Å². The van der Waals surface area contributed by atoms with Crippen LogP contribution in [0.4, 0.5) is 5.69 Å². The third-order valence-electron chi connectivity index (χ3n) is 3.57. The smallest absolute Gasteiger partial charge is 0.263 e. The fourth-order valence-corrected chi connectivity index (χ4v) is 2.35. The van der Waals surface area contributed by atoms with E-state index in [2.05, 4.69) is 5.16 Å². The number of hydrogen-bond acceptors (Lipinski definition) is 3. The number of hydrogen-bond donors (Lipinski definition) is 0. The van der Waals surface area contributed by atoms with Crippen molar-refractivity contribution in [3.8, 4) is 11.3 Å². The highest BCUT2D eigenvalue weighted by molar-refractivity contribution is 6.09. The van der Waals surface area contributed by atoms with Crippen LogP contribution in [0, 0.1) is 6.92 Å². The fraction of sp³-hybridized carbons (Fsp3) is 0.111. The van der Waals surface area contributed by atoms with E-state index < -0.39 is 0 Å². The summed E-state index contributed by atoms with van der Waals surface area (Å²) in [5, 5.41) is 4.06. The molecule has 2 aromatic carbocycles. The lowest BCUT2D eigenvalue weighted by molar-refractivity contribution is 0.0992. The van der Waals surface area contributed by atoms with E-state index in [9.17, 15) is 4.79 Å². The summed E-state index contributed by atoms with van der Waals surface area (Å²) in [5.41, 5.74) is 2.76. The van der Waals surface area contributed by atoms with Crippen LogP contribution in [-0.2, 0) is 0 Å². The lowest BCUT2D eigenvalue weighted by Gasteiger charge is -2.17. The summed E-state index contributed by atoms with van der Waals surface area (Å²) in [7, 11) is 1.75. The second-order valence-electron chi connectivity index (χ2n) is 5.03. The molecule has 0 bridgehead atoms. The van der Waals surface area contributed by atoms with E-state index >= 15 is 0 Å². The zero-order valence-corrected chi connectivity index (χ0v) is 12.5. The van der Waals surface area contributed by atoms with Gasteiger partial charge in [0.2, 0.25) is 0 Å². The van der Waals surface area contributed by atoms with Gasteiger partial charge in [-0.05, 0) is 19.1 Å². The van der Waals surface area contributed by atoms with Crippen molar-refractivity contribution >= 4 is 11.6 Å². The molecule has 4 nitrogen and oxygen atoms in total. The molecule has 3 aromatic rings. The van der Waals surface area contributed by atoms with E-state index in [0.29, 0.717) is 17.0 Å². The lowest BCUT2D eigenvalue weighted by Crippen LogP contribution is -2.26. The molecule has 22 heavy (non-hydrogen) atoms. The number of rotatable bonds is 3. The number of amides is 1.